The van der Waals surface area contributed by atoms with E-state index >= 15 is 0 Å². The Bertz CT molecular complexity index is 454. The predicted molar refractivity (Wildman–Crippen MR) is 72.4 cm³/mol. The van der Waals surface area contributed by atoms with Crippen LogP contribution in [0.4, 0.5) is 0 Å². The zero-order valence-corrected chi connectivity index (χ0v) is 11.0. The standard InChI is InChI=1S/C12H18N2O2S/c1-3-16-8-4-7-14-9(2)5-6-10(11(13)17)12(14)15/h5-6H,3-4,7-8H2,1-2H3,(H2,13,17). The van der Waals surface area contributed by atoms with E-state index in [2.05, 4.69) is 0 Å². The summed E-state index contributed by atoms with van der Waals surface area (Å²) in [4.78, 5) is 12.2. The highest BCUT2D eigenvalue weighted by Crippen LogP contribution is 2.00. The fourth-order valence-corrected chi connectivity index (χ4v) is 1.76. The van der Waals surface area contributed by atoms with Gasteiger partial charge >= 0.3 is 0 Å². The number of nitrogens with zero attached hydrogens (tertiary/aromatic N) is 1. The fraction of sp³-hybridized carbons (Fsp3) is 0.500. The number of rotatable bonds is 6. The molecule has 1 heterocycles. The van der Waals surface area contributed by atoms with E-state index in [4.69, 9.17) is 22.7 Å². The Morgan fingerprint density at radius 2 is 2.24 bits per heavy atom. The van der Waals surface area contributed by atoms with Crippen molar-refractivity contribution < 1.29 is 4.74 Å². The van der Waals surface area contributed by atoms with E-state index in [0.717, 1.165) is 12.1 Å². The summed E-state index contributed by atoms with van der Waals surface area (Å²) < 4.78 is 6.93. The van der Waals surface area contributed by atoms with Gasteiger partial charge in [-0.05, 0) is 32.4 Å². The van der Waals surface area contributed by atoms with Crippen LogP contribution in [0.25, 0.3) is 0 Å². The third-order valence-corrected chi connectivity index (χ3v) is 2.75. The van der Waals surface area contributed by atoms with Crippen LogP contribution in [0, 0.1) is 6.92 Å². The molecule has 0 aliphatic rings. The second-order valence-corrected chi connectivity index (χ2v) is 4.20. The van der Waals surface area contributed by atoms with Gasteiger partial charge in [-0.3, -0.25) is 4.79 Å². The van der Waals surface area contributed by atoms with Gasteiger partial charge in [0.2, 0.25) is 0 Å². The largest absolute Gasteiger partial charge is 0.389 e. The number of aryl methyl sites for hydroxylation is 1. The summed E-state index contributed by atoms with van der Waals surface area (Å²) in [6.07, 6.45) is 0.801. The fourth-order valence-electron chi connectivity index (χ4n) is 1.61. The first-order valence-corrected chi connectivity index (χ1v) is 6.06. The van der Waals surface area contributed by atoms with Gasteiger partial charge in [0.1, 0.15) is 4.99 Å². The van der Waals surface area contributed by atoms with Crippen molar-refractivity contribution in [2.75, 3.05) is 13.2 Å². The highest BCUT2D eigenvalue weighted by Gasteiger charge is 2.07. The Balaban J connectivity index is 2.87. The van der Waals surface area contributed by atoms with Crippen LogP contribution in [-0.2, 0) is 11.3 Å². The number of hydrogen-bond acceptors (Lipinski definition) is 3. The van der Waals surface area contributed by atoms with Crippen molar-refractivity contribution in [1.82, 2.24) is 4.57 Å². The molecule has 0 aliphatic heterocycles. The first kappa shape index (κ1) is 13.9. The summed E-state index contributed by atoms with van der Waals surface area (Å²) in [6, 6.07) is 3.54. The zero-order valence-electron chi connectivity index (χ0n) is 10.2. The molecule has 0 saturated heterocycles. The second kappa shape index (κ2) is 6.51. The maximum absolute atomic E-state index is 12.0. The molecule has 0 bridgehead atoms. The minimum absolute atomic E-state index is 0.117. The average Bonchev–Trinajstić information content (AvgIpc) is 2.27. The van der Waals surface area contributed by atoms with Gasteiger partial charge in [-0.15, -0.1) is 0 Å². The molecule has 0 fully saturated rings. The lowest BCUT2D eigenvalue weighted by molar-refractivity contribution is 0.141. The first-order chi connectivity index (χ1) is 8.07. The maximum atomic E-state index is 12.0. The maximum Gasteiger partial charge on any atom is 0.260 e. The van der Waals surface area contributed by atoms with Crippen molar-refractivity contribution in [3.8, 4) is 0 Å². The van der Waals surface area contributed by atoms with Crippen molar-refractivity contribution in [3.63, 3.8) is 0 Å². The van der Waals surface area contributed by atoms with E-state index in [1.54, 1.807) is 10.6 Å². The van der Waals surface area contributed by atoms with Crippen LogP contribution in [0.15, 0.2) is 16.9 Å². The second-order valence-electron chi connectivity index (χ2n) is 3.76. The number of pyridine rings is 1. The molecule has 5 heteroatoms. The van der Waals surface area contributed by atoms with E-state index in [1.807, 2.05) is 19.9 Å². The molecule has 4 nitrogen and oxygen atoms in total. The summed E-state index contributed by atoms with van der Waals surface area (Å²) in [5.74, 6) is 0. The van der Waals surface area contributed by atoms with Gasteiger partial charge in [0.15, 0.2) is 0 Å². The van der Waals surface area contributed by atoms with Crippen LogP contribution in [0.3, 0.4) is 0 Å². The highest BCUT2D eigenvalue weighted by atomic mass is 32.1. The third kappa shape index (κ3) is 3.64. The Morgan fingerprint density at radius 1 is 1.53 bits per heavy atom. The molecule has 0 spiro atoms. The molecular weight excluding hydrogens is 236 g/mol. The lowest BCUT2D eigenvalue weighted by Crippen LogP contribution is -2.30. The van der Waals surface area contributed by atoms with Crippen LogP contribution in [-0.4, -0.2) is 22.8 Å². The van der Waals surface area contributed by atoms with E-state index < -0.39 is 0 Å². The monoisotopic (exact) mass is 254 g/mol. The minimum atomic E-state index is -0.117. The summed E-state index contributed by atoms with van der Waals surface area (Å²) in [6.45, 7) is 5.82. The van der Waals surface area contributed by atoms with E-state index in [0.29, 0.717) is 25.3 Å². The SMILES string of the molecule is CCOCCCn1c(C)ccc(C(N)=S)c1=O. The van der Waals surface area contributed by atoms with Crippen LogP contribution < -0.4 is 11.3 Å². The van der Waals surface area contributed by atoms with Gasteiger partial charge < -0.3 is 15.0 Å². The average molecular weight is 254 g/mol. The molecule has 0 aliphatic carbocycles. The molecule has 0 unspecified atom stereocenters. The van der Waals surface area contributed by atoms with Crippen LogP contribution in [0.5, 0.6) is 0 Å². The number of hydrogen-bond donors (Lipinski definition) is 1. The van der Waals surface area contributed by atoms with Crippen molar-refractivity contribution in [3.05, 3.63) is 33.7 Å². The Morgan fingerprint density at radius 3 is 2.82 bits per heavy atom. The molecule has 1 aromatic rings. The lowest BCUT2D eigenvalue weighted by Gasteiger charge is -2.11. The molecule has 0 radical (unpaired) electrons. The molecule has 94 valence electrons. The Labute approximate surface area is 106 Å². The van der Waals surface area contributed by atoms with Crippen molar-refractivity contribution >= 4 is 17.2 Å². The number of aromatic nitrogens is 1. The van der Waals surface area contributed by atoms with Crippen LogP contribution in [0.2, 0.25) is 0 Å². The zero-order chi connectivity index (χ0) is 12.8. The Hall–Kier alpha value is -1.20. The number of nitrogens with two attached hydrogens (primary N) is 1. The smallest absolute Gasteiger partial charge is 0.260 e. The topological polar surface area (TPSA) is 57.2 Å². The summed E-state index contributed by atoms with van der Waals surface area (Å²) in [7, 11) is 0. The molecule has 0 amide bonds. The van der Waals surface area contributed by atoms with Gasteiger partial charge in [0.25, 0.3) is 5.56 Å². The molecule has 0 atom stereocenters. The number of ether oxygens (including phenoxy) is 1. The highest BCUT2D eigenvalue weighted by molar-refractivity contribution is 7.80. The minimum Gasteiger partial charge on any atom is -0.389 e. The molecular formula is C12H18N2O2S. The molecule has 1 rings (SSSR count). The summed E-state index contributed by atoms with van der Waals surface area (Å²) in [5, 5.41) is 0. The summed E-state index contributed by atoms with van der Waals surface area (Å²) >= 11 is 4.85. The van der Waals surface area contributed by atoms with Gasteiger partial charge in [-0.1, -0.05) is 12.2 Å². The van der Waals surface area contributed by atoms with Gasteiger partial charge in [-0.2, -0.15) is 0 Å². The summed E-state index contributed by atoms with van der Waals surface area (Å²) in [5.41, 5.74) is 6.70. The lowest BCUT2D eigenvalue weighted by atomic mass is 10.2. The van der Waals surface area contributed by atoms with E-state index in [-0.39, 0.29) is 10.5 Å². The van der Waals surface area contributed by atoms with Crippen molar-refractivity contribution in [1.29, 1.82) is 0 Å². The first-order valence-electron chi connectivity index (χ1n) is 5.66. The van der Waals surface area contributed by atoms with E-state index in [9.17, 15) is 4.79 Å². The molecule has 0 aromatic carbocycles. The third-order valence-electron chi connectivity index (χ3n) is 2.53. The van der Waals surface area contributed by atoms with Gasteiger partial charge in [0.05, 0.1) is 5.56 Å². The van der Waals surface area contributed by atoms with E-state index in [1.165, 1.54) is 0 Å². The van der Waals surface area contributed by atoms with Crippen LogP contribution in [0.1, 0.15) is 24.6 Å². The normalized spacial score (nSPS) is 10.5. The quantitative estimate of drug-likeness (QED) is 0.612. The van der Waals surface area contributed by atoms with Gasteiger partial charge in [0, 0.05) is 25.5 Å². The molecule has 2 N–H and O–H groups in total. The van der Waals surface area contributed by atoms with Crippen molar-refractivity contribution in [2.24, 2.45) is 5.73 Å². The molecule has 1 aromatic heterocycles. The van der Waals surface area contributed by atoms with Crippen molar-refractivity contribution in [2.45, 2.75) is 26.8 Å². The number of thiocarbonyl (C=S) groups is 1. The Kier molecular flexibility index (Phi) is 5.31. The predicted octanol–water partition coefficient (Wildman–Crippen LogP) is 1.22. The molecule has 17 heavy (non-hydrogen) atoms. The molecule has 0 saturated carbocycles. The van der Waals surface area contributed by atoms with Gasteiger partial charge in [-0.25, -0.2) is 0 Å². The van der Waals surface area contributed by atoms with Crippen LogP contribution >= 0.6 is 12.2 Å².